The van der Waals surface area contributed by atoms with Gasteiger partial charge in [-0.2, -0.15) is 0 Å². The molecule has 0 aliphatic heterocycles. The first-order chi connectivity index (χ1) is 9.41. The molecular weight excluding hydrogens is 343 g/mol. The van der Waals surface area contributed by atoms with E-state index in [1.807, 2.05) is 0 Å². The lowest BCUT2D eigenvalue weighted by Gasteiger charge is -2.02. The minimum atomic E-state index is 0.970. The Bertz CT molecular complexity index is 192. The van der Waals surface area contributed by atoms with E-state index in [2.05, 4.69) is 28.5 Å². The molecule has 0 fully saturated rings. The van der Waals surface area contributed by atoms with Crippen LogP contribution in [0.25, 0.3) is 0 Å². The number of halogens is 1. The van der Waals surface area contributed by atoms with Crippen molar-refractivity contribution in [2.75, 3.05) is 4.43 Å². The second kappa shape index (κ2) is 18.3. The van der Waals surface area contributed by atoms with Crippen molar-refractivity contribution < 1.29 is 0 Å². The van der Waals surface area contributed by atoms with Crippen LogP contribution in [0.3, 0.4) is 0 Å². The van der Waals surface area contributed by atoms with Gasteiger partial charge in [-0.05, 0) is 17.3 Å². The number of alkyl halides is 1. The summed E-state index contributed by atoms with van der Waals surface area (Å²) in [5.74, 6) is 2.71. The van der Waals surface area contributed by atoms with Crippen LogP contribution in [0.15, 0.2) is 0 Å². The maximum absolute atomic E-state index is 5.23. The molecule has 0 aliphatic carbocycles. The molecule has 0 unspecified atom stereocenters. The fourth-order valence-electron chi connectivity index (χ4n) is 2.44. The molecule has 0 aromatic carbocycles. The molecule has 0 spiro atoms. The minimum absolute atomic E-state index is 0.970. The molecular formula is C18H33I. The standard InChI is InChI=1S/C18H33I/c1-2-3-4-5-6-7-8-9-10-11-12-13-14-15-16-17-18-19/h1H,3-18H2. The summed E-state index contributed by atoms with van der Waals surface area (Å²) in [6.45, 7) is 0. The van der Waals surface area contributed by atoms with Crippen LogP contribution in [0, 0.1) is 12.3 Å². The highest BCUT2D eigenvalue weighted by Gasteiger charge is 1.93. The molecule has 0 nitrogen and oxygen atoms in total. The summed E-state index contributed by atoms with van der Waals surface area (Å²) in [6.07, 6.45) is 26.1. The van der Waals surface area contributed by atoms with E-state index in [4.69, 9.17) is 6.42 Å². The molecule has 0 atom stereocenters. The maximum atomic E-state index is 5.23. The molecule has 0 amide bonds. The Labute approximate surface area is 135 Å². The average Bonchev–Trinajstić information content (AvgIpc) is 2.43. The highest BCUT2D eigenvalue weighted by atomic mass is 127. The van der Waals surface area contributed by atoms with Crippen LogP contribution in [0.5, 0.6) is 0 Å². The Morgan fingerprint density at radius 3 is 1.16 bits per heavy atom. The Hall–Kier alpha value is 0.290. The van der Waals surface area contributed by atoms with E-state index in [1.165, 1.54) is 94.3 Å². The summed E-state index contributed by atoms with van der Waals surface area (Å²) in [7, 11) is 0. The van der Waals surface area contributed by atoms with Gasteiger partial charge in [-0.3, -0.25) is 0 Å². The molecule has 0 bridgehead atoms. The monoisotopic (exact) mass is 376 g/mol. The van der Waals surface area contributed by atoms with Crippen molar-refractivity contribution in [1.82, 2.24) is 0 Å². The van der Waals surface area contributed by atoms with Crippen molar-refractivity contribution in [2.24, 2.45) is 0 Å². The van der Waals surface area contributed by atoms with E-state index in [9.17, 15) is 0 Å². The zero-order valence-corrected chi connectivity index (χ0v) is 14.9. The highest BCUT2D eigenvalue weighted by Crippen LogP contribution is 2.13. The van der Waals surface area contributed by atoms with Gasteiger partial charge in [0.15, 0.2) is 0 Å². The Morgan fingerprint density at radius 2 is 0.842 bits per heavy atom. The Balaban J connectivity index is 2.90. The van der Waals surface area contributed by atoms with Crippen LogP contribution >= 0.6 is 22.6 Å². The second-order valence-electron chi connectivity index (χ2n) is 5.59. The van der Waals surface area contributed by atoms with E-state index in [0.717, 1.165) is 6.42 Å². The van der Waals surface area contributed by atoms with Crippen molar-refractivity contribution in [3.8, 4) is 12.3 Å². The van der Waals surface area contributed by atoms with E-state index >= 15 is 0 Å². The van der Waals surface area contributed by atoms with Gasteiger partial charge in [-0.25, -0.2) is 0 Å². The topological polar surface area (TPSA) is 0 Å². The smallest absolute Gasteiger partial charge is 0.00860 e. The predicted molar refractivity (Wildman–Crippen MR) is 97.0 cm³/mol. The zero-order valence-electron chi connectivity index (χ0n) is 12.8. The first-order valence-electron chi connectivity index (χ1n) is 8.41. The molecule has 19 heavy (non-hydrogen) atoms. The third-order valence-electron chi connectivity index (χ3n) is 3.70. The molecule has 0 aromatic heterocycles. The van der Waals surface area contributed by atoms with Crippen molar-refractivity contribution >= 4 is 22.6 Å². The van der Waals surface area contributed by atoms with Crippen molar-refractivity contribution in [3.05, 3.63) is 0 Å². The number of hydrogen-bond acceptors (Lipinski definition) is 0. The minimum Gasteiger partial charge on any atom is -0.120 e. The van der Waals surface area contributed by atoms with Crippen LogP contribution in [0.2, 0.25) is 0 Å². The van der Waals surface area contributed by atoms with Crippen molar-refractivity contribution in [2.45, 2.75) is 96.3 Å². The molecule has 0 saturated heterocycles. The highest BCUT2D eigenvalue weighted by molar-refractivity contribution is 14.1. The van der Waals surface area contributed by atoms with Gasteiger partial charge in [0.2, 0.25) is 0 Å². The van der Waals surface area contributed by atoms with Gasteiger partial charge in [0.25, 0.3) is 0 Å². The number of hydrogen-bond donors (Lipinski definition) is 0. The SMILES string of the molecule is C#CCCCCCCCCCCCCCCCCI. The van der Waals surface area contributed by atoms with Gasteiger partial charge in [0, 0.05) is 6.42 Å². The fourth-order valence-corrected chi connectivity index (χ4v) is 2.98. The number of terminal acetylenes is 1. The number of unbranched alkanes of at least 4 members (excludes halogenated alkanes) is 14. The van der Waals surface area contributed by atoms with Crippen LogP contribution in [-0.2, 0) is 0 Å². The van der Waals surface area contributed by atoms with Gasteiger partial charge in [0.05, 0.1) is 0 Å². The lowest BCUT2D eigenvalue weighted by Crippen LogP contribution is -1.83. The summed E-state index contributed by atoms with van der Waals surface area (Å²) in [5, 5.41) is 0. The lowest BCUT2D eigenvalue weighted by molar-refractivity contribution is 0.537. The normalized spacial score (nSPS) is 10.5. The average molecular weight is 376 g/mol. The molecule has 0 N–H and O–H groups in total. The molecule has 0 radical (unpaired) electrons. The van der Waals surface area contributed by atoms with Gasteiger partial charge >= 0.3 is 0 Å². The lowest BCUT2D eigenvalue weighted by atomic mass is 10.0. The summed E-state index contributed by atoms with van der Waals surface area (Å²) in [5.41, 5.74) is 0. The van der Waals surface area contributed by atoms with Gasteiger partial charge in [-0.1, -0.05) is 99.6 Å². The molecule has 0 rings (SSSR count). The molecule has 0 aliphatic rings. The molecule has 0 heterocycles. The molecule has 1 heteroatoms. The maximum Gasteiger partial charge on any atom is 0.00860 e. The summed E-state index contributed by atoms with van der Waals surface area (Å²) in [6, 6.07) is 0. The molecule has 0 saturated carbocycles. The van der Waals surface area contributed by atoms with E-state index in [1.54, 1.807) is 0 Å². The van der Waals surface area contributed by atoms with Crippen LogP contribution < -0.4 is 0 Å². The van der Waals surface area contributed by atoms with Crippen molar-refractivity contribution in [3.63, 3.8) is 0 Å². The second-order valence-corrected chi connectivity index (χ2v) is 6.67. The van der Waals surface area contributed by atoms with E-state index < -0.39 is 0 Å². The fraction of sp³-hybridized carbons (Fsp3) is 0.889. The quantitative estimate of drug-likeness (QED) is 0.126. The van der Waals surface area contributed by atoms with Crippen LogP contribution in [0.1, 0.15) is 96.3 Å². The van der Waals surface area contributed by atoms with Gasteiger partial charge < -0.3 is 0 Å². The zero-order chi connectivity index (χ0) is 14.0. The first kappa shape index (κ1) is 19.3. The van der Waals surface area contributed by atoms with Crippen molar-refractivity contribution in [1.29, 1.82) is 0 Å². The van der Waals surface area contributed by atoms with E-state index in [-0.39, 0.29) is 0 Å². The summed E-state index contributed by atoms with van der Waals surface area (Å²) < 4.78 is 1.33. The first-order valence-corrected chi connectivity index (χ1v) is 9.94. The Kier molecular flexibility index (Phi) is 18.6. The largest absolute Gasteiger partial charge is 0.120 e. The molecule has 0 aromatic rings. The summed E-state index contributed by atoms with van der Waals surface area (Å²) in [4.78, 5) is 0. The Morgan fingerprint density at radius 1 is 0.526 bits per heavy atom. The predicted octanol–water partition coefficient (Wildman–Crippen LogP) is 6.91. The molecule has 112 valence electrons. The van der Waals surface area contributed by atoms with Gasteiger partial charge in [-0.15, -0.1) is 12.3 Å². The summed E-state index contributed by atoms with van der Waals surface area (Å²) >= 11 is 2.48. The third-order valence-corrected chi connectivity index (χ3v) is 4.47. The third kappa shape index (κ3) is 18.3. The van der Waals surface area contributed by atoms with Crippen LogP contribution in [-0.4, -0.2) is 4.43 Å². The van der Waals surface area contributed by atoms with Gasteiger partial charge in [0.1, 0.15) is 0 Å². The number of rotatable bonds is 15. The van der Waals surface area contributed by atoms with E-state index in [0.29, 0.717) is 0 Å². The van der Waals surface area contributed by atoms with Crippen LogP contribution in [0.4, 0.5) is 0 Å².